The van der Waals surface area contributed by atoms with Gasteiger partial charge in [0.15, 0.2) is 0 Å². The Labute approximate surface area is 180 Å². The van der Waals surface area contributed by atoms with Gasteiger partial charge < -0.3 is 15.5 Å². The van der Waals surface area contributed by atoms with E-state index in [9.17, 15) is 9.59 Å². The van der Waals surface area contributed by atoms with Crippen LogP contribution in [0.5, 0.6) is 0 Å². The zero-order valence-electron chi connectivity index (χ0n) is 16.6. The minimum atomic E-state index is -0.302. The van der Waals surface area contributed by atoms with Crippen molar-refractivity contribution < 1.29 is 9.59 Å². The van der Waals surface area contributed by atoms with E-state index in [1.807, 2.05) is 53.4 Å². The van der Waals surface area contributed by atoms with Gasteiger partial charge in [-0.25, -0.2) is 4.79 Å². The fraction of sp³-hybridized carbons (Fsp3) is 0.167. The number of carbonyl (C=O) groups excluding carboxylic acids is 2. The molecule has 1 aliphatic heterocycles. The molecular weight excluding hydrogens is 398 g/mol. The molecule has 0 spiro atoms. The van der Waals surface area contributed by atoms with E-state index >= 15 is 0 Å². The normalized spacial score (nSPS) is 14.9. The first kappa shape index (κ1) is 20.0. The van der Waals surface area contributed by atoms with E-state index in [4.69, 9.17) is 11.6 Å². The Bertz CT molecular complexity index is 1070. The molecule has 3 aromatic carbocycles. The van der Waals surface area contributed by atoms with Gasteiger partial charge in [0.25, 0.3) is 5.91 Å². The van der Waals surface area contributed by atoms with E-state index in [0.717, 1.165) is 23.2 Å². The lowest BCUT2D eigenvalue weighted by Crippen LogP contribution is -2.35. The van der Waals surface area contributed by atoms with Crippen molar-refractivity contribution in [2.24, 2.45) is 0 Å². The summed E-state index contributed by atoms with van der Waals surface area (Å²) < 4.78 is 0. The van der Waals surface area contributed by atoms with Crippen LogP contribution in [-0.2, 0) is 13.0 Å². The molecule has 5 nitrogen and oxygen atoms in total. The van der Waals surface area contributed by atoms with Gasteiger partial charge in [0.1, 0.15) is 0 Å². The maximum Gasteiger partial charge on any atom is 0.319 e. The molecule has 0 radical (unpaired) electrons. The maximum absolute atomic E-state index is 13.1. The standard InChI is InChI=1S/C24H22ClN3O2/c1-16-13-19-8-7-17(15-26-24(30)27-21-11-9-20(25)10-12-21)14-22(19)28(16)23(29)18-5-3-2-4-6-18/h2-12,14,16H,13,15H2,1H3,(H2,26,27,30)/t16-/m1/s1. The van der Waals surface area contributed by atoms with Gasteiger partial charge in [0, 0.05) is 34.5 Å². The number of carbonyl (C=O) groups is 2. The predicted octanol–water partition coefficient (Wildman–Crippen LogP) is 5.25. The van der Waals surface area contributed by atoms with Gasteiger partial charge in [0.2, 0.25) is 0 Å². The highest BCUT2D eigenvalue weighted by Gasteiger charge is 2.31. The van der Waals surface area contributed by atoms with Crippen molar-refractivity contribution in [3.8, 4) is 0 Å². The van der Waals surface area contributed by atoms with Gasteiger partial charge in [-0.1, -0.05) is 41.9 Å². The van der Waals surface area contributed by atoms with E-state index in [-0.39, 0.29) is 18.0 Å². The number of rotatable bonds is 4. The lowest BCUT2D eigenvalue weighted by Gasteiger charge is -2.23. The maximum atomic E-state index is 13.1. The van der Waals surface area contributed by atoms with Gasteiger partial charge in [-0.2, -0.15) is 0 Å². The van der Waals surface area contributed by atoms with Crippen LogP contribution in [-0.4, -0.2) is 18.0 Å². The Kier molecular flexibility index (Phi) is 5.72. The first-order valence-electron chi connectivity index (χ1n) is 9.82. The molecule has 1 atom stereocenters. The number of urea groups is 1. The molecule has 0 saturated carbocycles. The van der Waals surface area contributed by atoms with E-state index in [2.05, 4.69) is 17.6 Å². The Hall–Kier alpha value is -3.31. The Morgan fingerprint density at radius 2 is 1.77 bits per heavy atom. The summed E-state index contributed by atoms with van der Waals surface area (Å²) in [5, 5.41) is 6.24. The summed E-state index contributed by atoms with van der Waals surface area (Å²) in [5.41, 5.74) is 4.32. The van der Waals surface area contributed by atoms with E-state index in [0.29, 0.717) is 22.8 Å². The summed E-state index contributed by atoms with van der Waals surface area (Å²) in [6.45, 7) is 2.41. The van der Waals surface area contributed by atoms with Gasteiger partial charge >= 0.3 is 6.03 Å². The van der Waals surface area contributed by atoms with Gasteiger partial charge in [-0.15, -0.1) is 0 Å². The summed E-state index contributed by atoms with van der Waals surface area (Å²) in [6, 6.07) is 22.0. The number of nitrogens with one attached hydrogen (secondary N) is 2. The van der Waals surface area contributed by atoms with Crippen LogP contribution in [0.4, 0.5) is 16.2 Å². The molecule has 152 valence electrons. The molecule has 3 amide bonds. The van der Waals surface area contributed by atoms with Crippen LogP contribution in [0, 0.1) is 0 Å². The molecule has 6 heteroatoms. The number of halogens is 1. The van der Waals surface area contributed by atoms with Crippen molar-refractivity contribution in [1.82, 2.24) is 5.32 Å². The molecule has 4 rings (SSSR count). The molecule has 0 unspecified atom stereocenters. The first-order chi connectivity index (χ1) is 14.5. The zero-order valence-corrected chi connectivity index (χ0v) is 17.3. The number of fused-ring (bicyclic) bond motifs is 1. The highest BCUT2D eigenvalue weighted by molar-refractivity contribution is 6.30. The predicted molar refractivity (Wildman–Crippen MR) is 120 cm³/mol. The summed E-state index contributed by atoms with van der Waals surface area (Å²) in [5.74, 6) is -0.00700. The number of hydrogen-bond donors (Lipinski definition) is 2. The van der Waals surface area contributed by atoms with E-state index in [1.165, 1.54) is 0 Å². The topological polar surface area (TPSA) is 61.4 Å². The molecule has 0 bridgehead atoms. The summed E-state index contributed by atoms with van der Waals surface area (Å²) in [7, 11) is 0. The quantitative estimate of drug-likeness (QED) is 0.606. The fourth-order valence-corrected chi connectivity index (χ4v) is 3.81. The van der Waals surface area contributed by atoms with Crippen molar-refractivity contribution in [2.75, 3.05) is 10.2 Å². The van der Waals surface area contributed by atoms with Crippen molar-refractivity contribution in [3.63, 3.8) is 0 Å². The second kappa shape index (κ2) is 8.59. The molecular formula is C24H22ClN3O2. The summed E-state index contributed by atoms with van der Waals surface area (Å²) in [4.78, 5) is 27.1. The largest absolute Gasteiger partial charge is 0.334 e. The third-order valence-corrected chi connectivity index (χ3v) is 5.41. The zero-order chi connectivity index (χ0) is 21.1. The van der Waals surface area contributed by atoms with Crippen LogP contribution in [0.2, 0.25) is 5.02 Å². The van der Waals surface area contributed by atoms with E-state index in [1.54, 1.807) is 24.3 Å². The highest BCUT2D eigenvalue weighted by atomic mass is 35.5. The van der Waals surface area contributed by atoms with Crippen LogP contribution >= 0.6 is 11.6 Å². The molecule has 0 aromatic heterocycles. The number of benzene rings is 3. The number of anilines is 2. The minimum absolute atomic E-state index is 0.00700. The monoisotopic (exact) mass is 419 g/mol. The number of nitrogens with zero attached hydrogens (tertiary/aromatic N) is 1. The SMILES string of the molecule is C[C@@H]1Cc2ccc(CNC(=O)Nc3ccc(Cl)cc3)cc2N1C(=O)c1ccccc1. The van der Waals surface area contributed by atoms with Gasteiger partial charge in [-0.3, -0.25) is 4.79 Å². The third kappa shape index (κ3) is 4.31. The molecule has 2 N–H and O–H groups in total. The highest BCUT2D eigenvalue weighted by Crippen LogP contribution is 2.34. The second-order valence-corrected chi connectivity index (χ2v) is 7.81. The smallest absolute Gasteiger partial charge is 0.319 e. The minimum Gasteiger partial charge on any atom is -0.334 e. The van der Waals surface area contributed by atoms with Crippen molar-refractivity contribution >= 4 is 34.9 Å². The number of amides is 3. The average molecular weight is 420 g/mol. The lowest BCUT2D eigenvalue weighted by atomic mass is 10.1. The van der Waals surface area contributed by atoms with Crippen LogP contribution in [0.15, 0.2) is 72.8 Å². The lowest BCUT2D eigenvalue weighted by molar-refractivity contribution is 0.0981. The van der Waals surface area contributed by atoms with Crippen LogP contribution in [0.25, 0.3) is 0 Å². The van der Waals surface area contributed by atoms with Gasteiger partial charge in [-0.05, 0) is 66.9 Å². The Morgan fingerprint density at radius 1 is 1.03 bits per heavy atom. The number of hydrogen-bond acceptors (Lipinski definition) is 2. The molecule has 0 saturated heterocycles. The molecule has 3 aromatic rings. The van der Waals surface area contributed by atoms with Crippen molar-refractivity contribution in [1.29, 1.82) is 0 Å². The average Bonchev–Trinajstić information content (AvgIpc) is 3.09. The molecule has 0 aliphatic carbocycles. The van der Waals surface area contributed by atoms with Crippen molar-refractivity contribution in [3.05, 3.63) is 94.5 Å². The fourth-order valence-electron chi connectivity index (χ4n) is 3.68. The third-order valence-electron chi connectivity index (χ3n) is 5.16. The Balaban J connectivity index is 1.45. The molecule has 1 aliphatic rings. The van der Waals surface area contributed by atoms with E-state index < -0.39 is 0 Å². The van der Waals surface area contributed by atoms with Crippen LogP contribution < -0.4 is 15.5 Å². The van der Waals surface area contributed by atoms with Crippen LogP contribution in [0.3, 0.4) is 0 Å². The second-order valence-electron chi connectivity index (χ2n) is 7.37. The van der Waals surface area contributed by atoms with Crippen LogP contribution in [0.1, 0.15) is 28.4 Å². The first-order valence-corrected chi connectivity index (χ1v) is 10.2. The summed E-state index contributed by atoms with van der Waals surface area (Å²) in [6.07, 6.45) is 0.818. The van der Waals surface area contributed by atoms with Crippen molar-refractivity contribution in [2.45, 2.75) is 25.9 Å². The Morgan fingerprint density at radius 3 is 2.50 bits per heavy atom. The molecule has 30 heavy (non-hydrogen) atoms. The molecule has 1 heterocycles. The summed E-state index contributed by atoms with van der Waals surface area (Å²) >= 11 is 5.86. The molecule has 0 fully saturated rings. The van der Waals surface area contributed by atoms with Gasteiger partial charge in [0.05, 0.1) is 0 Å².